The molecule has 0 bridgehead atoms. The van der Waals surface area contributed by atoms with Crippen LogP contribution in [-0.4, -0.2) is 21.9 Å². The molecular weight excluding hydrogens is 343 g/mol. The van der Waals surface area contributed by atoms with Gasteiger partial charge in [-0.25, -0.2) is 4.98 Å². The summed E-state index contributed by atoms with van der Waals surface area (Å²) in [5, 5.41) is 0.522. The number of hydrogen-bond acceptors (Lipinski definition) is 3. The van der Waals surface area contributed by atoms with Crippen molar-refractivity contribution in [3.8, 4) is 0 Å². The quantitative estimate of drug-likeness (QED) is 0.760. The van der Waals surface area contributed by atoms with E-state index in [1.54, 1.807) is 18.2 Å². The lowest BCUT2D eigenvalue weighted by molar-refractivity contribution is -0.137. The summed E-state index contributed by atoms with van der Waals surface area (Å²) >= 11 is 0. The molecule has 4 nitrogen and oxygen atoms in total. The van der Waals surface area contributed by atoms with Crippen LogP contribution in [0.25, 0.3) is 10.9 Å². The fraction of sp³-hybridized carbons (Fsp3) is 0.263. The van der Waals surface area contributed by atoms with Gasteiger partial charge >= 0.3 is 6.18 Å². The lowest BCUT2D eigenvalue weighted by Gasteiger charge is -2.24. The first kappa shape index (κ1) is 18.1. The highest BCUT2D eigenvalue weighted by molar-refractivity contribution is 5.77. The van der Waals surface area contributed by atoms with Crippen molar-refractivity contribution in [3.05, 3.63) is 75.8 Å². The van der Waals surface area contributed by atoms with E-state index in [1.165, 1.54) is 12.1 Å². The summed E-state index contributed by atoms with van der Waals surface area (Å²) in [5.41, 5.74) is 0.481. The monoisotopic (exact) mass is 361 g/mol. The molecule has 0 saturated heterocycles. The van der Waals surface area contributed by atoms with Crippen molar-refractivity contribution in [1.82, 2.24) is 14.9 Å². The van der Waals surface area contributed by atoms with Gasteiger partial charge < -0.3 is 4.98 Å². The Labute approximate surface area is 148 Å². The first-order valence-corrected chi connectivity index (χ1v) is 8.11. The van der Waals surface area contributed by atoms with Gasteiger partial charge in [0, 0.05) is 6.54 Å². The van der Waals surface area contributed by atoms with Crippen LogP contribution in [0.3, 0.4) is 0 Å². The normalized spacial score (nSPS) is 13.3. The van der Waals surface area contributed by atoms with E-state index in [0.717, 1.165) is 17.7 Å². The Bertz CT molecular complexity index is 964. The summed E-state index contributed by atoms with van der Waals surface area (Å²) in [6.45, 7) is 2.31. The van der Waals surface area contributed by atoms with Crippen LogP contribution in [0.5, 0.6) is 0 Å². The summed E-state index contributed by atoms with van der Waals surface area (Å²) < 4.78 is 37.9. The topological polar surface area (TPSA) is 49.0 Å². The number of alkyl halides is 3. The van der Waals surface area contributed by atoms with Crippen molar-refractivity contribution in [3.63, 3.8) is 0 Å². The first-order valence-electron chi connectivity index (χ1n) is 8.11. The Morgan fingerprint density at radius 1 is 1.12 bits per heavy atom. The third-order valence-electron chi connectivity index (χ3n) is 4.40. The number of benzene rings is 2. The van der Waals surface area contributed by atoms with E-state index in [4.69, 9.17) is 0 Å². The van der Waals surface area contributed by atoms with Gasteiger partial charge in [0.25, 0.3) is 5.56 Å². The molecule has 1 unspecified atom stereocenters. The fourth-order valence-electron chi connectivity index (χ4n) is 2.74. The molecule has 1 aromatic heterocycles. The highest BCUT2D eigenvalue weighted by Gasteiger charge is 2.30. The lowest BCUT2D eigenvalue weighted by Crippen LogP contribution is -2.26. The van der Waals surface area contributed by atoms with Gasteiger partial charge in [-0.3, -0.25) is 9.69 Å². The number of aromatic amines is 1. The largest absolute Gasteiger partial charge is 0.416 e. The van der Waals surface area contributed by atoms with Crippen LogP contribution in [-0.2, 0) is 12.7 Å². The van der Waals surface area contributed by atoms with E-state index >= 15 is 0 Å². The number of aromatic nitrogens is 2. The molecular formula is C19H18F3N3O. The minimum atomic E-state index is -4.34. The molecule has 0 aliphatic heterocycles. The number of halogens is 3. The average molecular weight is 361 g/mol. The second-order valence-corrected chi connectivity index (χ2v) is 6.25. The number of rotatable bonds is 4. The zero-order chi connectivity index (χ0) is 18.9. The second kappa shape index (κ2) is 6.92. The Morgan fingerprint density at radius 3 is 2.42 bits per heavy atom. The highest BCUT2D eigenvalue weighted by Crippen LogP contribution is 2.29. The molecule has 1 heterocycles. The minimum absolute atomic E-state index is 0.208. The van der Waals surface area contributed by atoms with E-state index in [2.05, 4.69) is 9.97 Å². The predicted octanol–water partition coefficient (Wildman–Crippen LogP) is 4.13. The van der Waals surface area contributed by atoms with Gasteiger partial charge in [-0.2, -0.15) is 13.2 Å². The number of nitrogens with one attached hydrogen (secondary N) is 1. The van der Waals surface area contributed by atoms with Gasteiger partial charge in [-0.15, -0.1) is 0 Å². The Hall–Kier alpha value is -2.67. The van der Waals surface area contributed by atoms with Crippen molar-refractivity contribution in [1.29, 1.82) is 0 Å². The number of para-hydroxylation sites is 1. The van der Waals surface area contributed by atoms with Crippen LogP contribution < -0.4 is 5.56 Å². The van der Waals surface area contributed by atoms with E-state index in [1.807, 2.05) is 24.9 Å². The summed E-state index contributed by atoms with van der Waals surface area (Å²) in [7, 11) is 1.83. The second-order valence-electron chi connectivity index (χ2n) is 6.25. The van der Waals surface area contributed by atoms with Crippen LogP contribution >= 0.6 is 0 Å². The van der Waals surface area contributed by atoms with Crippen LogP contribution in [0.4, 0.5) is 13.2 Å². The zero-order valence-corrected chi connectivity index (χ0v) is 14.3. The van der Waals surface area contributed by atoms with Crippen molar-refractivity contribution >= 4 is 10.9 Å². The molecule has 1 atom stereocenters. The summed E-state index contributed by atoms with van der Waals surface area (Å²) in [4.78, 5) is 21.4. The average Bonchev–Trinajstić information content (AvgIpc) is 2.60. The van der Waals surface area contributed by atoms with Crippen molar-refractivity contribution in [2.24, 2.45) is 0 Å². The van der Waals surface area contributed by atoms with Crippen molar-refractivity contribution < 1.29 is 13.2 Å². The van der Waals surface area contributed by atoms with Crippen molar-refractivity contribution in [2.75, 3.05) is 7.05 Å². The first-order chi connectivity index (χ1) is 12.3. The van der Waals surface area contributed by atoms with E-state index < -0.39 is 11.7 Å². The maximum absolute atomic E-state index is 12.6. The molecule has 0 fully saturated rings. The maximum atomic E-state index is 12.6. The van der Waals surface area contributed by atoms with Gasteiger partial charge in [-0.05, 0) is 43.8 Å². The molecule has 3 rings (SSSR count). The molecule has 0 radical (unpaired) electrons. The SMILES string of the molecule is CC(c1nc2ccccc2c(=O)[nH]1)N(C)Cc1ccc(C(F)(F)F)cc1. The fourth-order valence-corrected chi connectivity index (χ4v) is 2.74. The number of hydrogen-bond donors (Lipinski definition) is 1. The van der Waals surface area contributed by atoms with Gasteiger partial charge in [0.15, 0.2) is 0 Å². The van der Waals surface area contributed by atoms with E-state index in [-0.39, 0.29) is 11.6 Å². The van der Waals surface area contributed by atoms with Crippen molar-refractivity contribution in [2.45, 2.75) is 25.7 Å². The molecule has 136 valence electrons. The third-order valence-corrected chi connectivity index (χ3v) is 4.40. The molecule has 0 saturated carbocycles. The zero-order valence-electron chi connectivity index (χ0n) is 14.3. The van der Waals surface area contributed by atoms with Crippen LogP contribution in [0, 0.1) is 0 Å². The Kier molecular flexibility index (Phi) is 4.82. The number of fused-ring (bicyclic) bond motifs is 1. The summed E-state index contributed by atoms with van der Waals surface area (Å²) in [6.07, 6.45) is -4.34. The molecule has 0 amide bonds. The Balaban J connectivity index is 1.79. The molecule has 7 heteroatoms. The van der Waals surface area contributed by atoms with Gasteiger partial charge in [0.05, 0.1) is 22.5 Å². The van der Waals surface area contributed by atoms with Crippen LogP contribution in [0.2, 0.25) is 0 Å². The Morgan fingerprint density at radius 2 is 1.77 bits per heavy atom. The minimum Gasteiger partial charge on any atom is -0.309 e. The summed E-state index contributed by atoms with van der Waals surface area (Å²) in [6, 6.07) is 11.9. The van der Waals surface area contributed by atoms with Gasteiger partial charge in [0.2, 0.25) is 0 Å². The molecule has 2 aromatic carbocycles. The molecule has 3 aromatic rings. The molecule has 26 heavy (non-hydrogen) atoms. The number of H-pyrrole nitrogens is 1. The molecule has 1 N–H and O–H groups in total. The van der Waals surface area contributed by atoms with Crippen LogP contribution in [0.15, 0.2) is 53.3 Å². The van der Waals surface area contributed by atoms with E-state index in [0.29, 0.717) is 23.3 Å². The smallest absolute Gasteiger partial charge is 0.309 e. The van der Waals surface area contributed by atoms with Crippen LogP contribution in [0.1, 0.15) is 29.9 Å². The number of nitrogens with zero attached hydrogens (tertiary/aromatic N) is 2. The summed E-state index contributed by atoms with van der Waals surface area (Å²) in [5.74, 6) is 0.517. The molecule has 0 spiro atoms. The lowest BCUT2D eigenvalue weighted by atomic mass is 10.1. The predicted molar refractivity (Wildman–Crippen MR) is 93.7 cm³/mol. The van der Waals surface area contributed by atoms with E-state index in [9.17, 15) is 18.0 Å². The standard InChI is InChI=1S/C19H18F3N3O/c1-12(17-23-16-6-4-3-5-15(16)18(26)24-17)25(2)11-13-7-9-14(10-8-13)19(20,21)22/h3-10,12H,11H2,1-2H3,(H,23,24,26). The van der Waals surface area contributed by atoms with Gasteiger partial charge in [0.1, 0.15) is 5.82 Å². The molecule has 0 aliphatic carbocycles. The maximum Gasteiger partial charge on any atom is 0.416 e. The molecule has 0 aliphatic rings. The highest BCUT2D eigenvalue weighted by atomic mass is 19.4. The van der Waals surface area contributed by atoms with Gasteiger partial charge in [-0.1, -0.05) is 24.3 Å². The third kappa shape index (κ3) is 3.77.